The van der Waals surface area contributed by atoms with Crippen molar-refractivity contribution in [3.63, 3.8) is 0 Å². The van der Waals surface area contributed by atoms with Crippen LogP contribution in [0.5, 0.6) is 5.75 Å². The van der Waals surface area contributed by atoms with Crippen molar-refractivity contribution < 1.29 is 14.3 Å². The number of fused-ring (bicyclic) bond motifs is 1. The van der Waals surface area contributed by atoms with Crippen molar-refractivity contribution in [1.82, 2.24) is 9.97 Å². The number of hydrogen-bond donors (Lipinski definition) is 2. The van der Waals surface area contributed by atoms with E-state index in [1.807, 2.05) is 24.3 Å². The number of carbonyl (C=O) groups is 2. The first-order valence-corrected chi connectivity index (χ1v) is 9.02. The summed E-state index contributed by atoms with van der Waals surface area (Å²) in [5.74, 6) is 0.892. The van der Waals surface area contributed by atoms with E-state index in [1.54, 1.807) is 42.6 Å². The molecule has 29 heavy (non-hydrogen) atoms. The number of ether oxygens (including phenoxy) is 1. The Morgan fingerprint density at radius 1 is 1.24 bits per heavy atom. The van der Waals surface area contributed by atoms with Gasteiger partial charge in [0.25, 0.3) is 5.91 Å². The Kier molecular flexibility index (Phi) is 5.07. The smallest absolute Gasteiger partial charge is 0.257 e. The predicted molar refractivity (Wildman–Crippen MR) is 109 cm³/mol. The number of hydrogen-bond acceptors (Lipinski definition) is 6. The Morgan fingerprint density at radius 3 is 2.79 bits per heavy atom. The van der Waals surface area contributed by atoms with Crippen LogP contribution < -0.4 is 20.3 Å². The second kappa shape index (κ2) is 7.97. The molecule has 1 aliphatic heterocycles. The highest BCUT2D eigenvalue weighted by molar-refractivity contribution is 6.07. The third kappa shape index (κ3) is 4.01. The first-order chi connectivity index (χ1) is 14.1. The number of pyridine rings is 2. The van der Waals surface area contributed by atoms with E-state index in [2.05, 4.69) is 20.6 Å². The van der Waals surface area contributed by atoms with Crippen LogP contribution in [0.1, 0.15) is 15.9 Å². The van der Waals surface area contributed by atoms with Gasteiger partial charge in [-0.25, -0.2) is 4.98 Å². The Morgan fingerprint density at radius 2 is 2.07 bits per heavy atom. The highest BCUT2D eigenvalue weighted by atomic mass is 16.5. The maximum Gasteiger partial charge on any atom is 0.257 e. The summed E-state index contributed by atoms with van der Waals surface area (Å²) in [4.78, 5) is 35.1. The average molecular weight is 389 g/mol. The Balaban J connectivity index is 1.60. The highest BCUT2D eigenvalue weighted by Crippen LogP contribution is 2.30. The second-order valence-electron chi connectivity index (χ2n) is 6.47. The van der Waals surface area contributed by atoms with Crippen molar-refractivity contribution >= 4 is 29.0 Å². The van der Waals surface area contributed by atoms with Crippen molar-refractivity contribution in [2.24, 2.45) is 0 Å². The number of carbonyl (C=O) groups excluding carboxylic acids is 2. The number of benzene rings is 1. The van der Waals surface area contributed by atoms with E-state index >= 15 is 0 Å². The SMILES string of the molecule is COc1ccc(CN2C(=O)CNc3ncc(C(=O)Nc4cccnc4)cc32)cc1. The van der Waals surface area contributed by atoms with Crippen LogP contribution in [0, 0.1) is 0 Å². The number of methoxy groups -OCH3 is 1. The van der Waals surface area contributed by atoms with E-state index in [-0.39, 0.29) is 18.4 Å². The van der Waals surface area contributed by atoms with E-state index in [4.69, 9.17) is 4.74 Å². The van der Waals surface area contributed by atoms with Crippen molar-refractivity contribution in [2.75, 3.05) is 29.2 Å². The summed E-state index contributed by atoms with van der Waals surface area (Å²) in [6.45, 7) is 0.518. The zero-order chi connectivity index (χ0) is 20.2. The van der Waals surface area contributed by atoms with Crippen molar-refractivity contribution in [1.29, 1.82) is 0 Å². The molecule has 0 atom stereocenters. The minimum atomic E-state index is -0.323. The molecule has 2 N–H and O–H groups in total. The molecule has 3 aromatic rings. The van der Waals surface area contributed by atoms with Gasteiger partial charge in [0.15, 0.2) is 5.82 Å². The molecule has 3 heterocycles. The molecule has 0 saturated carbocycles. The largest absolute Gasteiger partial charge is 0.497 e. The van der Waals surface area contributed by atoms with Gasteiger partial charge < -0.3 is 20.3 Å². The lowest BCUT2D eigenvalue weighted by Crippen LogP contribution is -2.40. The number of nitrogens with one attached hydrogen (secondary N) is 2. The van der Waals surface area contributed by atoms with Gasteiger partial charge in [-0.05, 0) is 35.9 Å². The topological polar surface area (TPSA) is 96.5 Å². The first-order valence-electron chi connectivity index (χ1n) is 9.02. The molecule has 0 saturated heterocycles. The lowest BCUT2D eigenvalue weighted by atomic mass is 10.1. The summed E-state index contributed by atoms with van der Waals surface area (Å²) in [6, 6.07) is 12.7. The van der Waals surface area contributed by atoms with Crippen LogP contribution in [0.25, 0.3) is 0 Å². The fraction of sp³-hybridized carbons (Fsp3) is 0.143. The van der Waals surface area contributed by atoms with Gasteiger partial charge in [0.2, 0.25) is 5.91 Å². The van der Waals surface area contributed by atoms with Crippen molar-refractivity contribution in [3.8, 4) is 5.75 Å². The molecule has 0 bridgehead atoms. The minimum Gasteiger partial charge on any atom is -0.497 e. The van der Waals surface area contributed by atoms with Crippen LogP contribution in [0.3, 0.4) is 0 Å². The Hall–Kier alpha value is -3.94. The molecular weight excluding hydrogens is 370 g/mol. The van der Waals surface area contributed by atoms with Crippen LogP contribution in [-0.2, 0) is 11.3 Å². The van der Waals surface area contributed by atoms with Gasteiger partial charge in [-0.1, -0.05) is 12.1 Å². The molecule has 2 amide bonds. The number of amides is 2. The quantitative estimate of drug-likeness (QED) is 0.697. The van der Waals surface area contributed by atoms with E-state index < -0.39 is 0 Å². The first kappa shape index (κ1) is 18.4. The van der Waals surface area contributed by atoms with Crippen LogP contribution in [-0.4, -0.2) is 35.4 Å². The second-order valence-corrected chi connectivity index (χ2v) is 6.47. The van der Waals surface area contributed by atoms with Gasteiger partial charge in [0, 0.05) is 12.4 Å². The lowest BCUT2D eigenvalue weighted by molar-refractivity contribution is -0.117. The average Bonchev–Trinajstić information content (AvgIpc) is 2.76. The summed E-state index contributed by atoms with van der Waals surface area (Å²) >= 11 is 0. The maximum absolute atomic E-state index is 12.6. The fourth-order valence-corrected chi connectivity index (χ4v) is 3.04. The third-order valence-corrected chi connectivity index (χ3v) is 4.55. The van der Waals surface area contributed by atoms with Crippen molar-refractivity contribution in [3.05, 3.63) is 72.2 Å². The van der Waals surface area contributed by atoms with Gasteiger partial charge in [-0.2, -0.15) is 0 Å². The molecule has 0 radical (unpaired) electrons. The Labute approximate surface area is 167 Å². The zero-order valence-corrected chi connectivity index (χ0v) is 15.8. The summed E-state index contributed by atoms with van der Waals surface area (Å²) < 4.78 is 5.18. The summed E-state index contributed by atoms with van der Waals surface area (Å²) in [6.07, 6.45) is 4.67. The molecule has 8 heteroatoms. The lowest BCUT2D eigenvalue weighted by Gasteiger charge is -2.29. The molecule has 4 rings (SSSR count). The minimum absolute atomic E-state index is 0.0973. The molecule has 0 aliphatic carbocycles. The predicted octanol–water partition coefficient (Wildman–Crippen LogP) is 2.70. The standard InChI is InChI=1S/C21H19N5O3/c1-29-17-6-4-14(5-7-17)13-26-18-9-15(10-23-20(18)24-12-19(26)27)21(28)25-16-3-2-8-22-11-16/h2-11H,12-13H2,1H3,(H,23,24)(H,25,28). The number of aromatic nitrogens is 2. The van der Waals surface area contributed by atoms with Gasteiger partial charge >= 0.3 is 0 Å². The molecular formula is C21H19N5O3. The third-order valence-electron chi connectivity index (χ3n) is 4.55. The molecule has 0 fully saturated rings. The molecule has 1 aliphatic rings. The monoisotopic (exact) mass is 389 g/mol. The molecule has 8 nitrogen and oxygen atoms in total. The fourth-order valence-electron chi connectivity index (χ4n) is 3.04. The molecule has 1 aromatic carbocycles. The number of nitrogens with zero attached hydrogens (tertiary/aromatic N) is 3. The van der Waals surface area contributed by atoms with E-state index in [0.717, 1.165) is 11.3 Å². The van der Waals surface area contributed by atoms with Gasteiger partial charge in [-0.3, -0.25) is 14.6 Å². The molecule has 0 spiro atoms. The molecule has 0 unspecified atom stereocenters. The van der Waals surface area contributed by atoms with Gasteiger partial charge in [0.1, 0.15) is 5.75 Å². The zero-order valence-electron chi connectivity index (χ0n) is 15.8. The normalized spacial score (nSPS) is 12.7. The molecule has 146 valence electrons. The van der Waals surface area contributed by atoms with Crippen molar-refractivity contribution in [2.45, 2.75) is 6.54 Å². The Bertz CT molecular complexity index is 1040. The van der Waals surface area contributed by atoms with E-state index in [0.29, 0.717) is 29.3 Å². The number of rotatable bonds is 5. The van der Waals surface area contributed by atoms with Crippen LogP contribution in [0.4, 0.5) is 17.2 Å². The number of anilines is 3. The summed E-state index contributed by atoms with van der Waals surface area (Å²) in [5.41, 5.74) is 2.44. The maximum atomic E-state index is 12.6. The van der Waals surface area contributed by atoms with E-state index in [1.165, 1.54) is 6.20 Å². The van der Waals surface area contributed by atoms with Gasteiger partial charge in [0.05, 0.1) is 43.3 Å². The van der Waals surface area contributed by atoms with Crippen LogP contribution in [0.2, 0.25) is 0 Å². The van der Waals surface area contributed by atoms with Crippen LogP contribution >= 0.6 is 0 Å². The summed E-state index contributed by atoms with van der Waals surface area (Å²) in [5, 5.41) is 5.77. The highest BCUT2D eigenvalue weighted by Gasteiger charge is 2.26. The molecule has 2 aromatic heterocycles. The van der Waals surface area contributed by atoms with E-state index in [9.17, 15) is 9.59 Å². The van der Waals surface area contributed by atoms with Crippen LogP contribution in [0.15, 0.2) is 61.1 Å². The van der Waals surface area contributed by atoms with Gasteiger partial charge in [-0.15, -0.1) is 0 Å². The summed E-state index contributed by atoms with van der Waals surface area (Å²) in [7, 11) is 1.61.